The summed E-state index contributed by atoms with van der Waals surface area (Å²) < 4.78 is 0. The maximum atomic E-state index is 6.16. The molecule has 0 bridgehead atoms. The largest absolute Gasteiger partial charge is 0.249 e. The molecule has 0 spiro atoms. The van der Waals surface area contributed by atoms with E-state index in [4.69, 9.17) is 11.6 Å². The molecule has 1 aliphatic rings. The molecule has 0 aliphatic heterocycles. The van der Waals surface area contributed by atoms with E-state index in [1.165, 1.54) is 12.8 Å². The van der Waals surface area contributed by atoms with E-state index in [1.807, 2.05) is 18.5 Å². The minimum atomic E-state index is 0.531. The molecule has 17 heavy (non-hydrogen) atoms. The molecular formula is C12H12ClN3S. The molecule has 3 nitrogen and oxygen atoms in total. The third-order valence-corrected chi connectivity index (χ3v) is 4.10. The zero-order chi connectivity index (χ0) is 11.8. The normalized spacial score (nSPS) is 15.2. The average molecular weight is 266 g/mol. The van der Waals surface area contributed by atoms with E-state index in [9.17, 15) is 0 Å². The summed E-state index contributed by atoms with van der Waals surface area (Å²) in [6, 6.07) is 0. The summed E-state index contributed by atoms with van der Waals surface area (Å²) in [5.41, 5.74) is 1.99. The van der Waals surface area contributed by atoms with Gasteiger partial charge >= 0.3 is 0 Å². The number of thiazole rings is 1. The number of rotatable bonds is 3. The van der Waals surface area contributed by atoms with Gasteiger partial charge in [0.25, 0.3) is 0 Å². The van der Waals surface area contributed by atoms with Gasteiger partial charge in [-0.3, -0.25) is 0 Å². The minimum Gasteiger partial charge on any atom is -0.249 e. The van der Waals surface area contributed by atoms with Crippen LogP contribution in [0.25, 0.3) is 0 Å². The lowest BCUT2D eigenvalue weighted by molar-refractivity contribution is 0.871. The third kappa shape index (κ3) is 2.33. The van der Waals surface area contributed by atoms with Gasteiger partial charge in [-0.05, 0) is 19.8 Å². The molecule has 5 heteroatoms. The first-order chi connectivity index (χ1) is 8.24. The van der Waals surface area contributed by atoms with Crippen LogP contribution in [0.1, 0.15) is 40.8 Å². The van der Waals surface area contributed by atoms with Crippen molar-refractivity contribution in [3.63, 3.8) is 0 Å². The molecule has 0 saturated heterocycles. The van der Waals surface area contributed by atoms with E-state index in [0.29, 0.717) is 11.1 Å². The predicted octanol–water partition coefficient (Wildman–Crippen LogP) is 3.36. The Balaban J connectivity index is 1.96. The highest BCUT2D eigenvalue weighted by Crippen LogP contribution is 2.39. The summed E-state index contributed by atoms with van der Waals surface area (Å²) in [4.78, 5) is 13.3. The first-order valence-corrected chi connectivity index (χ1v) is 6.91. The summed E-state index contributed by atoms with van der Waals surface area (Å²) >= 11 is 7.81. The van der Waals surface area contributed by atoms with Crippen LogP contribution in [-0.2, 0) is 6.42 Å². The fourth-order valence-corrected chi connectivity index (χ4v) is 2.55. The minimum absolute atomic E-state index is 0.531. The Morgan fingerprint density at radius 1 is 1.41 bits per heavy atom. The molecule has 2 aromatic rings. The van der Waals surface area contributed by atoms with E-state index in [-0.39, 0.29) is 0 Å². The fraction of sp³-hybridized carbons (Fsp3) is 0.417. The van der Waals surface area contributed by atoms with Crippen LogP contribution < -0.4 is 0 Å². The van der Waals surface area contributed by atoms with Crippen molar-refractivity contribution in [2.24, 2.45) is 0 Å². The summed E-state index contributed by atoms with van der Waals surface area (Å²) in [5, 5.41) is 3.65. The Morgan fingerprint density at radius 2 is 2.24 bits per heavy atom. The number of halogens is 1. The maximum absolute atomic E-state index is 6.16. The highest BCUT2D eigenvalue weighted by atomic mass is 35.5. The maximum Gasteiger partial charge on any atom is 0.135 e. The van der Waals surface area contributed by atoms with Crippen LogP contribution in [0.3, 0.4) is 0 Å². The van der Waals surface area contributed by atoms with Crippen molar-refractivity contribution in [3.05, 3.63) is 38.8 Å². The molecule has 0 amide bonds. The van der Waals surface area contributed by atoms with Crippen LogP contribution in [0.5, 0.6) is 0 Å². The number of aromatic nitrogens is 3. The first-order valence-electron chi connectivity index (χ1n) is 5.65. The van der Waals surface area contributed by atoms with Crippen molar-refractivity contribution in [3.8, 4) is 0 Å². The van der Waals surface area contributed by atoms with Gasteiger partial charge in [0.05, 0.1) is 10.7 Å². The molecule has 0 radical (unpaired) electrons. The molecule has 2 heterocycles. The van der Waals surface area contributed by atoms with Crippen molar-refractivity contribution < 1.29 is 0 Å². The van der Waals surface area contributed by atoms with E-state index < -0.39 is 0 Å². The van der Waals surface area contributed by atoms with Crippen LogP contribution in [0.15, 0.2) is 11.6 Å². The Kier molecular flexibility index (Phi) is 2.84. The second-order valence-corrected chi connectivity index (χ2v) is 5.66. The second kappa shape index (κ2) is 4.35. The van der Waals surface area contributed by atoms with Crippen molar-refractivity contribution in [1.82, 2.24) is 15.0 Å². The van der Waals surface area contributed by atoms with Gasteiger partial charge < -0.3 is 0 Å². The van der Waals surface area contributed by atoms with Gasteiger partial charge in [0.1, 0.15) is 11.0 Å². The average Bonchev–Trinajstić information content (AvgIpc) is 3.04. The lowest BCUT2D eigenvalue weighted by Crippen LogP contribution is -2.03. The van der Waals surface area contributed by atoms with Crippen molar-refractivity contribution in [1.29, 1.82) is 0 Å². The Hall–Kier alpha value is -1.000. The van der Waals surface area contributed by atoms with Gasteiger partial charge in [-0.2, -0.15) is 0 Å². The molecule has 3 rings (SSSR count). The van der Waals surface area contributed by atoms with Crippen molar-refractivity contribution in [2.45, 2.75) is 32.1 Å². The molecule has 1 aliphatic carbocycles. The molecule has 88 valence electrons. The van der Waals surface area contributed by atoms with Crippen LogP contribution in [0.4, 0.5) is 0 Å². The highest BCUT2D eigenvalue weighted by Gasteiger charge is 2.28. The standard InChI is InChI=1S/C12H12ClN3S/c1-7-9(6-10-14-4-5-17-10)15-12(8-2-3-8)16-11(7)13/h4-5,8H,2-3,6H2,1H3. The lowest BCUT2D eigenvalue weighted by atomic mass is 10.2. The molecule has 0 N–H and O–H groups in total. The lowest BCUT2D eigenvalue weighted by Gasteiger charge is -2.07. The Labute approximate surface area is 109 Å². The third-order valence-electron chi connectivity index (χ3n) is 2.95. The first kappa shape index (κ1) is 11.1. The highest BCUT2D eigenvalue weighted by molar-refractivity contribution is 7.09. The van der Waals surface area contributed by atoms with Gasteiger partial charge in [0.15, 0.2) is 0 Å². The van der Waals surface area contributed by atoms with E-state index in [2.05, 4.69) is 15.0 Å². The summed E-state index contributed by atoms with van der Waals surface area (Å²) in [7, 11) is 0. The van der Waals surface area contributed by atoms with Gasteiger partial charge in [0, 0.05) is 29.5 Å². The molecule has 0 unspecified atom stereocenters. The second-order valence-electron chi connectivity index (χ2n) is 4.32. The summed E-state index contributed by atoms with van der Waals surface area (Å²) in [6.07, 6.45) is 4.96. The van der Waals surface area contributed by atoms with Crippen molar-refractivity contribution in [2.75, 3.05) is 0 Å². The van der Waals surface area contributed by atoms with Crippen LogP contribution in [-0.4, -0.2) is 15.0 Å². The van der Waals surface area contributed by atoms with Crippen LogP contribution in [0, 0.1) is 6.92 Å². The number of hydrogen-bond acceptors (Lipinski definition) is 4. The Bertz CT molecular complexity index is 535. The van der Waals surface area contributed by atoms with Crippen molar-refractivity contribution >= 4 is 22.9 Å². The van der Waals surface area contributed by atoms with Crippen LogP contribution >= 0.6 is 22.9 Å². The monoisotopic (exact) mass is 265 g/mol. The molecule has 1 saturated carbocycles. The smallest absolute Gasteiger partial charge is 0.135 e. The van der Waals surface area contributed by atoms with E-state index >= 15 is 0 Å². The zero-order valence-electron chi connectivity index (χ0n) is 9.48. The predicted molar refractivity (Wildman–Crippen MR) is 68.7 cm³/mol. The topological polar surface area (TPSA) is 38.7 Å². The zero-order valence-corrected chi connectivity index (χ0v) is 11.1. The van der Waals surface area contributed by atoms with E-state index in [1.54, 1.807) is 11.3 Å². The molecule has 0 atom stereocenters. The fourth-order valence-electron chi connectivity index (χ4n) is 1.73. The number of hydrogen-bond donors (Lipinski definition) is 0. The van der Waals surface area contributed by atoms with E-state index in [0.717, 1.165) is 28.5 Å². The van der Waals surface area contributed by atoms with Gasteiger partial charge in [0.2, 0.25) is 0 Å². The Morgan fingerprint density at radius 3 is 2.88 bits per heavy atom. The molecule has 0 aromatic carbocycles. The SMILES string of the molecule is Cc1c(Cl)nc(C2CC2)nc1Cc1nccs1. The molecule has 2 aromatic heterocycles. The quantitative estimate of drug-likeness (QED) is 0.799. The summed E-state index contributed by atoms with van der Waals surface area (Å²) in [5.74, 6) is 1.44. The molecular weight excluding hydrogens is 254 g/mol. The van der Waals surface area contributed by atoms with Gasteiger partial charge in [-0.15, -0.1) is 11.3 Å². The van der Waals surface area contributed by atoms with Gasteiger partial charge in [-0.25, -0.2) is 15.0 Å². The van der Waals surface area contributed by atoms with Crippen LogP contribution in [0.2, 0.25) is 5.15 Å². The molecule has 1 fully saturated rings. The van der Waals surface area contributed by atoms with Gasteiger partial charge in [-0.1, -0.05) is 11.6 Å². The summed E-state index contributed by atoms with van der Waals surface area (Å²) in [6.45, 7) is 1.97. The number of nitrogens with zero attached hydrogens (tertiary/aromatic N) is 3.